The van der Waals surface area contributed by atoms with Crippen LogP contribution in [0.5, 0.6) is 0 Å². The molecular weight excluding hydrogens is 342 g/mol. The molecule has 0 aromatic heterocycles. The molecule has 2 aliphatic rings. The number of aliphatic carboxylic acids is 2. The van der Waals surface area contributed by atoms with Gasteiger partial charge in [0, 0.05) is 6.42 Å². The number of amides is 2. The van der Waals surface area contributed by atoms with Crippen LogP contribution in [0, 0.1) is 0 Å². The Hall–Kier alpha value is -1.85. The molecule has 134 valence electrons. The molecule has 0 aromatic rings. The quantitative estimate of drug-likeness (QED) is 0.352. The number of carbonyl (C=O) groups is 4. The largest absolute Gasteiger partial charge is 0.480 e. The van der Waals surface area contributed by atoms with Gasteiger partial charge in [-0.2, -0.15) is 0 Å². The number of hydrogen-bond donors (Lipinski definition) is 5. The first-order valence-electron chi connectivity index (χ1n) is 7.16. The Balaban J connectivity index is 2.25. The summed E-state index contributed by atoms with van der Waals surface area (Å²) in [6.07, 6.45) is -0.762. The van der Waals surface area contributed by atoms with Gasteiger partial charge in [-0.05, 0) is 20.3 Å². The fraction of sp³-hybridized carbons (Fsp3) is 0.692. The van der Waals surface area contributed by atoms with Gasteiger partial charge >= 0.3 is 11.9 Å². The smallest absolute Gasteiger partial charge is 0.352 e. The van der Waals surface area contributed by atoms with E-state index in [1.807, 2.05) is 0 Å². The average molecular weight is 361 g/mol. The third kappa shape index (κ3) is 2.52. The number of hydrogen-bond acceptors (Lipinski definition) is 7. The first-order chi connectivity index (χ1) is 10.9. The Morgan fingerprint density at radius 3 is 2.42 bits per heavy atom. The van der Waals surface area contributed by atoms with E-state index in [9.17, 15) is 29.4 Å². The lowest BCUT2D eigenvalue weighted by Crippen LogP contribution is -2.77. The average Bonchev–Trinajstić information content (AvgIpc) is 2.55. The van der Waals surface area contributed by atoms with E-state index in [0.29, 0.717) is 0 Å². The summed E-state index contributed by atoms with van der Waals surface area (Å²) in [5.41, 5.74) is 3.19. The van der Waals surface area contributed by atoms with Gasteiger partial charge in [0.25, 0.3) is 0 Å². The summed E-state index contributed by atoms with van der Waals surface area (Å²) in [5, 5.41) is 29.4. The predicted octanol–water partition coefficient (Wildman–Crippen LogP) is -1.52. The van der Waals surface area contributed by atoms with Crippen LogP contribution in [0.4, 0.5) is 0 Å². The van der Waals surface area contributed by atoms with Gasteiger partial charge in [0.05, 0.1) is 11.2 Å². The summed E-state index contributed by atoms with van der Waals surface area (Å²) in [6, 6.07) is -1.26. The zero-order valence-electron chi connectivity index (χ0n) is 13.1. The minimum atomic E-state index is -2.13. The number of aliphatic hydroxyl groups is 1. The summed E-state index contributed by atoms with van der Waals surface area (Å²) in [5.74, 6) is -4.13. The lowest BCUT2D eigenvalue weighted by molar-refractivity contribution is -0.202. The minimum absolute atomic E-state index is 0.192. The molecule has 0 aliphatic carbocycles. The molecule has 2 fully saturated rings. The van der Waals surface area contributed by atoms with E-state index in [1.54, 1.807) is 0 Å². The van der Waals surface area contributed by atoms with E-state index in [1.165, 1.54) is 13.8 Å². The van der Waals surface area contributed by atoms with Crippen molar-refractivity contribution in [2.24, 2.45) is 5.73 Å². The van der Waals surface area contributed by atoms with Gasteiger partial charge in [-0.1, -0.05) is 11.8 Å². The molecule has 2 unspecified atom stereocenters. The molecule has 2 rings (SSSR count). The molecule has 2 saturated heterocycles. The zero-order chi connectivity index (χ0) is 18.5. The summed E-state index contributed by atoms with van der Waals surface area (Å²) in [7, 11) is 0. The molecule has 10 nitrogen and oxygen atoms in total. The maximum Gasteiger partial charge on any atom is 0.352 e. The van der Waals surface area contributed by atoms with Crippen LogP contribution in [0.1, 0.15) is 33.1 Å². The molecule has 2 amide bonds. The Morgan fingerprint density at radius 1 is 1.38 bits per heavy atom. The van der Waals surface area contributed by atoms with Crippen molar-refractivity contribution in [2.75, 3.05) is 0 Å². The Bertz CT molecular complexity index is 625. The number of rotatable bonds is 6. The lowest BCUT2D eigenvalue weighted by Gasteiger charge is -2.49. The number of nitrogens with one attached hydrogen (secondary N) is 1. The maximum atomic E-state index is 12.2. The van der Waals surface area contributed by atoms with Crippen LogP contribution in [0.2, 0.25) is 0 Å². The fourth-order valence-electron chi connectivity index (χ4n) is 3.03. The van der Waals surface area contributed by atoms with Crippen molar-refractivity contribution in [3.8, 4) is 0 Å². The van der Waals surface area contributed by atoms with E-state index >= 15 is 0 Å². The first kappa shape index (κ1) is 18.5. The van der Waals surface area contributed by atoms with Gasteiger partial charge in [-0.3, -0.25) is 19.3 Å². The van der Waals surface area contributed by atoms with Crippen LogP contribution in [0.25, 0.3) is 0 Å². The first-order valence-corrected chi connectivity index (χ1v) is 7.97. The Morgan fingerprint density at radius 2 is 1.96 bits per heavy atom. The van der Waals surface area contributed by atoms with Crippen molar-refractivity contribution in [3.63, 3.8) is 0 Å². The van der Waals surface area contributed by atoms with Crippen molar-refractivity contribution < 1.29 is 34.5 Å². The predicted molar refractivity (Wildman–Crippen MR) is 81.4 cm³/mol. The van der Waals surface area contributed by atoms with Crippen LogP contribution in [-0.2, 0) is 19.2 Å². The molecule has 0 radical (unpaired) electrons. The zero-order valence-corrected chi connectivity index (χ0v) is 13.9. The van der Waals surface area contributed by atoms with Crippen molar-refractivity contribution in [3.05, 3.63) is 0 Å². The van der Waals surface area contributed by atoms with Crippen molar-refractivity contribution in [2.45, 2.75) is 54.6 Å². The number of nitrogens with two attached hydrogens (primary N) is 1. The number of thioether (sulfide) groups is 1. The van der Waals surface area contributed by atoms with Gasteiger partial charge in [-0.25, -0.2) is 4.79 Å². The third-order valence-electron chi connectivity index (χ3n) is 4.24. The molecule has 11 heteroatoms. The van der Waals surface area contributed by atoms with Crippen molar-refractivity contribution in [1.29, 1.82) is 0 Å². The van der Waals surface area contributed by atoms with Gasteiger partial charge in [0.2, 0.25) is 22.5 Å². The molecule has 0 spiro atoms. The second-order valence-electron chi connectivity index (χ2n) is 6.31. The van der Waals surface area contributed by atoms with Gasteiger partial charge in [0.1, 0.15) is 6.04 Å². The molecule has 0 aromatic carbocycles. The van der Waals surface area contributed by atoms with Gasteiger partial charge in [0.15, 0.2) is 0 Å². The lowest BCUT2D eigenvalue weighted by atomic mass is 9.89. The second-order valence-corrected chi connectivity index (χ2v) is 8.19. The van der Waals surface area contributed by atoms with E-state index in [0.717, 1.165) is 16.7 Å². The number of β-lactam (4-membered cyclic amide) rings is 1. The molecular formula is C13H19N3O7S. The van der Waals surface area contributed by atoms with E-state index in [-0.39, 0.29) is 19.3 Å². The number of carboxylic acid groups (broad SMARTS) is 2. The summed E-state index contributed by atoms with van der Waals surface area (Å²) >= 11 is 0.876. The van der Waals surface area contributed by atoms with Crippen molar-refractivity contribution in [1.82, 2.24) is 10.2 Å². The molecule has 2 heterocycles. The summed E-state index contributed by atoms with van der Waals surface area (Å²) < 4.78 is -1.22. The monoisotopic (exact) mass is 361 g/mol. The molecule has 0 bridgehead atoms. The highest BCUT2D eigenvalue weighted by Crippen LogP contribution is 2.60. The molecule has 3 atom stereocenters. The molecule has 6 N–H and O–H groups in total. The highest BCUT2D eigenvalue weighted by molar-refractivity contribution is 8.02. The summed E-state index contributed by atoms with van der Waals surface area (Å²) in [6.45, 7) is 3.00. The number of fused-ring (bicyclic) bond motifs is 1. The van der Waals surface area contributed by atoms with Gasteiger partial charge < -0.3 is 26.4 Å². The minimum Gasteiger partial charge on any atom is -0.480 e. The van der Waals surface area contributed by atoms with E-state index in [4.69, 9.17) is 10.8 Å². The SMILES string of the molecule is CC1(C)SC2(O)CC(=O)N2[C@@]1(NC(=O)CCC(N)C(=O)O)C(=O)O. The van der Waals surface area contributed by atoms with Crippen molar-refractivity contribution >= 4 is 35.5 Å². The number of carbonyl (C=O) groups excluding carboxylic acids is 2. The van der Waals surface area contributed by atoms with Crippen LogP contribution < -0.4 is 11.1 Å². The number of nitrogens with zero attached hydrogens (tertiary/aromatic N) is 1. The Labute approximate surface area is 141 Å². The highest BCUT2D eigenvalue weighted by Gasteiger charge is 2.76. The maximum absolute atomic E-state index is 12.2. The van der Waals surface area contributed by atoms with Crippen LogP contribution in [-0.4, -0.2) is 65.5 Å². The van der Waals surface area contributed by atoms with Crippen LogP contribution in [0.15, 0.2) is 0 Å². The normalized spacial score (nSPS) is 31.8. The van der Waals surface area contributed by atoms with Crippen LogP contribution in [0.3, 0.4) is 0 Å². The van der Waals surface area contributed by atoms with E-state index in [2.05, 4.69) is 5.32 Å². The topological polar surface area (TPSA) is 170 Å². The van der Waals surface area contributed by atoms with Crippen LogP contribution >= 0.6 is 11.8 Å². The standard InChI is InChI=1S/C13H19N3O7S/c1-11(2)13(10(21)22,16-8(18)5-12(16,23)24-11)15-7(17)4-3-6(14)9(19)20/h6,23H,3-5,14H2,1-2H3,(H,15,17)(H,19,20)(H,21,22)/t6?,12?,13-/m0/s1. The highest BCUT2D eigenvalue weighted by atomic mass is 32.2. The summed E-state index contributed by atoms with van der Waals surface area (Å²) in [4.78, 5) is 47.5. The molecule has 0 saturated carbocycles. The number of carboxylic acids is 2. The Kier molecular flexibility index (Phi) is 4.32. The molecule has 24 heavy (non-hydrogen) atoms. The third-order valence-corrected chi connectivity index (χ3v) is 5.69. The molecule has 2 aliphatic heterocycles. The fourth-order valence-corrected chi connectivity index (χ4v) is 4.75. The van der Waals surface area contributed by atoms with E-state index < -0.39 is 45.3 Å². The van der Waals surface area contributed by atoms with Gasteiger partial charge in [-0.15, -0.1) is 0 Å². The second kappa shape index (κ2) is 5.60.